The molecule has 2 heterocycles. The van der Waals surface area contributed by atoms with Crippen LogP contribution in [0.1, 0.15) is 26.0 Å². The summed E-state index contributed by atoms with van der Waals surface area (Å²) in [4.78, 5) is 6.90. The minimum absolute atomic E-state index is 0.742. The van der Waals surface area contributed by atoms with Crippen LogP contribution in [0.5, 0.6) is 0 Å². The largest absolute Gasteiger partial charge is 0.370 e. The molecule has 1 aliphatic heterocycles. The smallest absolute Gasteiger partial charge is 0.0553 e. The molecule has 2 rings (SSSR count). The Morgan fingerprint density at radius 1 is 1.41 bits per heavy atom. The van der Waals surface area contributed by atoms with Crippen molar-refractivity contribution in [3.8, 4) is 0 Å². The number of nitrogens with two attached hydrogens (primary N) is 1. The van der Waals surface area contributed by atoms with Gasteiger partial charge >= 0.3 is 0 Å². The van der Waals surface area contributed by atoms with Crippen LogP contribution in [0, 0.1) is 11.8 Å². The fraction of sp³-hybridized carbons (Fsp3) is 0.643. The number of hydrogen-bond donors (Lipinski definition) is 1. The summed E-state index contributed by atoms with van der Waals surface area (Å²) in [6, 6.07) is 4.32. The van der Waals surface area contributed by atoms with Gasteiger partial charge in [0.15, 0.2) is 0 Å². The van der Waals surface area contributed by atoms with Gasteiger partial charge in [0.05, 0.1) is 11.9 Å². The lowest BCUT2D eigenvalue weighted by Crippen LogP contribution is -2.49. The van der Waals surface area contributed by atoms with Crippen LogP contribution >= 0.6 is 0 Å². The van der Waals surface area contributed by atoms with E-state index in [0.29, 0.717) is 0 Å². The normalized spacial score (nSPS) is 16.4. The Kier molecular flexibility index (Phi) is 4.00. The molecule has 0 aromatic carbocycles. The van der Waals surface area contributed by atoms with Crippen molar-refractivity contribution in [3.63, 3.8) is 0 Å². The summed E-state index contributed by atoms with van der Waals surface area (Å²) < 4.78 is 0. The summed E-state index contributed by atoms with van der Waals surface area (Å²) in [5, 5.41) is 0. The molecule has 3 heteroatoms. The van der Waals surface area contributed by atoms with Gasteiger partial charge in [-0.3, -0.25) is 4.98 Å². The minimum atomic E-state index is 0.742. The molecular formula is C14H23N3. The van der Waals surface area contributed by atoms with Crippen LogP contribution < -0.4 is 10.6 Å². The molecule has 0 saturated carbocycles. The van der Waals surface area contributed by atoms with E-state index >= 15 is 0 Å². The first-order chi connectivity index (χ1) is 8.20. The van der Waals surface area contributed by atoms with Crippen LogP contribution in [-0.4, -0.2) is 24.6 Å². The molecule has 1 fully saturated rings. The van der Waals surface area contributed by atoms with E-state index in [1.54, 1.807) is 0 Å². The van der Waals surface area contributed by atoms with Crippen molar-refractivity contribution in [2.24, 2.45) is 17.6 Å². The second-order valence-corrected chi connectivity index (χ2v) is 5.31. The molecule has 1 aromatic rings. The fourth-order valence-electron chi connectivity index (χ4n) is 2.18. The van der Waals surface area contributed by atoms with E-state index in [9.17, 15) is 0 Å². The van der Waals surface area contributed by atoms with Gasteiger partial charge in [-0.1, -0.05) is 13.8 Å². The van der Waals surface area contributed by atoms with Crippen molar-refractivity contribution in [1.29, 1.82) is 0 Å². The van der Waals surface area contributed by atoms with Gasteiger partial charge in [-0.2, -0.15) is 0 Å². The standard InChI is InChI=1S/C14H23N3/c1-11(2)12-9-17(10-12)14-6-5-13(16-8-14)4-3-7-15/h5-6,8,11-12H,3-4,7,9-10,15H2,1-2H3. The molecule has 0 radical (unpaired) electrons. The highest BCUT2D eigenvalue weighted by molar-refractivity contribution is 5.47. The number of hydrogen-bond acceptors (Lipinski definition) is 3. The molecule has 1 aromatic heterocycles. The number of anilines is 1. The molecule has 1 aliphatic rings. The molecule has 0 atom stereocenters. The first kappa shape index (κ1) is 12.4. The quantitative estimate of drug-likeness (QED) is 0.846. The molecule has 0 unspecified atom stereocenters. The van der Waals surface area contributed by atoms with Gasteiger partial charge in [0.1, 0.15) is 0 Å². The number of aromatic nitrogens is 1. The van der Waals surface area contributed by atoms with Crippen molar-refractivity contribution >= 4 is 5.69 Å². The highest BCUT2D eigenvalue weighted by Gasteiger charge is 2.29. The zero-order valence-corrected chi connectivity index (χ0v) is 10.9. The van der Waals surface area contributed by atoms with Crippen LogP contribution in [0.4, 0.5) is 5.69 Å². The number of aryl methyl sites for hydroxylation is 1. The fourth-order valence-corrected chi connectivity index (χ4v) is 2.18. The van der Waals surface area contributed by atoms with Crippen LogP contribution in [0.25, 0.3) is 0 Å². The lowest BCUT2D eigenvalue weighted by molar-refractivity contribution is 0.309. The number of rotatable bonds is 5. The van der Waals surface area contributed by atoms with Crippen molar-refractivity contribution in [2.75, 3.05) is 24.5 Å². The van der Waals surface area contributed by atoms with Gasteiger partial charge in [0, 0.05) is 18.8 Å². The first-order valence-electron chi connectivity index (χ1n) is 6.60. The summed E-state index contributed by atoms with van der Waals surface area (Å²) in [5.41, 5.74) is 7.91. The van der Waals surface area contributed by atoms with E-state index in [1.165, 1.54) is 18.8 Å². The second-order valence-electron chi connectivity index (χ2n) is 5.31. The average molecular weight is 233 g/mol. The van der Waals surface area contributed by atoms with Gasteiger partial charge in [0.2, 0.25) is 0 Å². The maximum Gasteiger partial charge on any atom is 0.0553 e. The Hall–Kier alpha value is -1.09. The Morgan fingerprint density at radius 2 is 2.18 bits per heavy atom. The van der Waals surface area contributed by atoms with E-state index in [-0.39, 0.29) is 0 Å². The van der Waals surface area contributed by atoms with Gasteiger partial charge in [-0.25, -0.2) is 0 Å². The van der Waals surface area contributed by atoms with Gasteiger partial charge in [-0.05, 0) is 43.4 Å². The SMILES string of the molecule is CC(C)C1CN(c2ccc(CCCN)nc2)C1. The highest BCUT2D eigenvalue weighted by atomic mass is 15.2. The first-order valence-corrected chi connectivity index (χ1v) is 6.60. The predicted molar refractivity (Wildman–Crippen MR) is 72.2 cm³/mol. The van der Waals surface area contributed by atoms with E-state index in [0.717, 1.165) is 36.9 Å². The zero-order valence-electron chi connectivity index (χ0n) is 10.9. The van der Waals surface area contributed by atoms with Crippen LogP contribution in [-0.2, 0) is 6.42 Å². The lowest BCUT2D eigenvalue weighted by atomic mass is 9.88. The van der Waals surface area contributed by atoms with Crippen LogP contribution in [0.3, 0.4) is 0 Å². The van der Waals surface area contributed by atoms with E-state index in [4.69, 9.17) is 5.73 Å². The number of pyridine rings is 1. The maximum absolute atomic E-state index is 5.49. The lowest BCUT2D eigenvalue weighted by Gasteiger charge is -2.43. The molecule has 0 aliphatic carbocycles. The molecule has 94 valence electrons. The van der Waals surface area contributed by atoms with Crippen LogP contribution in [0.2, 0.25) is 0 Å². The predicted octanol–water partition coefficient (Wildman–Crippen LogP) is 2.07. The van der Waals surface area contributed by atoms with Crippen molar-refractivity contribution in [2.45, 2.75) is 26.7 Å². The number of nitrogens with zero attached hydrogens (tertiary/aromatic N) is 2. The molecule has 1 saturated heterocycles. The average Bonchev–Trinajstić information content (AvgIpc) is 2.25. The second kappa shape index (κ2) is 5.50. The summed E-state index contributed by atoms with van der Waals surface area (Å²) in [7, 11) is 0. The van der Waals surface area contributed by atoms with Crippen molar-refractivity contribution in [1.82, 2.24) is 4.98 Å². The minimum Gasteiger partial charge on any atom is -0.370 e. The topological polar surface area (TPSA) is 42.1 Å². The molecule has 0 bridgehead atoms. The van der Waals surface area contributed by atoms with E-state index in [2.05, 4.69) is 35.9 Å². The Balaban J connectivity index is 1.87. The van der Waals surface area contributed by atoms with E-state index < -0.39 is 0 Å². The molecule has 17 heavy (non-hydrogen) atoms. The third-order valence-electron chi connectivity index (χ3n) is 3.66. The van der Waals surface area contributed by atoms with Gasteiger partial charge < -0.3 is 10.6 Å². The van der Waals surface area contributed by atoms with Crippen molar-refractivity contribution in [3.05, 3.63) is 24.0 Å². The monoisotopic (exact) mass is 233 g/mol. The third-order valence-corrected chi connectivity index (χ3v) is 3.66. The highest BCUT2D eigenvalue weighted by Crippen LogP contribution is 2.28. The molecular weight excluding hydrogens is 210 g/mol. The Bertz CT molecular complexity index is 339. The third kappa shape index (κ3) is 2.97. The zero-order chi connectivity index (χ0) is 12.3. The van der Waals surface area contributed by atoms with Crippen LogP contribution in [0.15, 0.2) is 18.3 Å². The van der Waals surface area contributed by atoms with Gasteiger partial charge in [0.25, 0.3) is 0 Å². The molecule has 2 N–H and O–H groups in total. The summed E-state index contributed by atoms with van der Waals surface area (Å²) in [6.45, 7) is 7.71. The molecule has 0 amide bonds. The van der Waals surface area contributed by atoms with Gasteiger partial charge in [-0.15, -0.1) is 0 Å². The Morgan fingerprint density at radius 3 is 2.71 bits per heavy atom. The summed E-state index contributed by atoms with van der Waals surface area (Å²) in [6.07, 6.45) is 4.01. The summed E-state index contributed by atoms with van der Waals surface area (Å²) >= 11 is 0. The van der Waals surface area contributed by atoms with E-state index in [1.807, 2.05) is 6.20 Å². The Labute approximate surface area is 104 Å². The molecule has 0 spiro atoms. The summed E-state index contributed by atoms with van der Waals surface area (Å²) in [5.74, 6) is 1.65. The molecule has 3 nitrogen and oxygen atoms in total. The van der Waals surface area contributed by atoms with Crippen molar-refractivity contribution < 1.29 is 0 Å². The maximum atomic E-state index is 5.49.